The summed E-state index contributed by atoms with van der Waals surface area (Å²) in [6, 6.07) is -8.82. The summed E-state index contributed by atoms with van der Waals surface area (Å²) < 4.78 is 5.68. The van der Waals surface area contributed by atoms with Crippen LogP contribution >= 0.6 is 0 Å². The summed E-state index contributed by atoms with van der Waals surface area (Å²) in [6.07, 6.45) is 0.346. The van der Waals surface area contributed by atoms with Crippen molar-refractivity contribution in [2.75, 3.05) is 20.2 Å². The normalized spacial score (nSPS) is 27.2. The number of rotatable bonds is 16. The van der Waals surface area contributed by atoms with Crippen molar-refractivity contribution < 1.29 is 43.4 Å². The van der Waals surface area contributed by atoms with Crippen LogP contribution in [0.25, 0.3) is 0 Å². The predicted octanol–water partition coefficient (Wildman–Crippen LogP) is -2.74. The molecule has 0 aromatic carbocycles. The maximum atomic E-state index is 13.7. The highest BCUT2D eigenvalue weighted by atomic mass is 16.5. The molecule has 19 nitrogen and oxygen atoms in total. The predicted molar refractivity (Wildman–Crippen MR) is 199 cm³/mol. The van der Waals surface area contributed by atoms with E-state index in [0.717, 1.165) is 0 Å². The average Bonchev–Trinajstić information content (AvgIpc) is 3.55. The van der Waals surface area contributed by atoms with E-state index >= 15 is 0 Å². The fourth-order valence-electron chi connectivity index (χ4n) is 6.03. The molecule has 6 amide bonds. The summed E-state index contributed by atoms with van der Waals surface area (Å²) >= 11 is 0. The highest BCUT2D eigenvalue weighted by Crippen LogP contribution is 2.16. The number of nitrogens with one attached hydrogen (secondary N) is 8. The summed E-state index contributed by atoms with van der Waals surface area (Å²) in [4.78, 5) is 98.6. The number of likely N-dealkylation sites (N-methyl/N-ethyl adjacent to an activating group) is 1. The van der Waals surface area contributed by atoms with Gasteiger partial charge in [-0.25, -0.2) is 4.79 Å². The molecule has 1 fully saturated rings. The van der Waals surface area contributed by atoms with Crippen molar-refractivity contribution in [3.63, 3.8) is 0 Å². The van der Waals surface area contributed by atoms with Gasteiger partial charge in [0.2, 0.25) is 35.4 Å². The van der Waals surface area contributed by atoms with E-state index in [9.17, 15) is 38.7 Å². The zero-order valence-electron chi connectivity index (χ0n) is 32.9. The maximum absolute atomic E-state index is 13.7. The third-order valence-corrected chi connectivity index (χ3v) is 10.3. The molecular weight excluding hydrogens is 704 g/mol. The van der Waals surface area contributed by atoms with Gasteiger partial charge in [0.05, 0.1) is 25.2 Å². The maximum Gasteiger partial charge on any atom is 0.329 e. The molecule has 0 radical (unpaired) electrons. The van der Waals surface area contributed by atoms with Crippen molar-refractivity contribution in [3.8, 4) is 0 Å². The Hall–Kier alpha value is -4.52. The molecule has 2 heterocycles. The largest absolute Gasteiger partial charge is 0.458 e. The Morgan fingerprint density at radius 3 is 2.00 bits per heavy atom. The lowest BCUT2D eigenvalue weighted by molar-refractivity contribution is -0.157. The molecule has 19 heteroatoms. The minimum atomic E-state index is -1.62. The van der Waals surface area contributed by atoms with Crippen molar-refractivity contribution in [3.05, 3.63) is 0 Å². The van der Waals surface area contributed by atoms with E-state index in [0.29, 0.717) is 19.3 Å². The molecule has 11 N–H and O–H groups in total. The van der Waals surface area contributed by atoms with E-state index in [1.807, 2.05) is 20.8 Å². The van der Waals surface area contributed by atoms with Crippen molar-refractivity contribution in [1.29, 1.82) is 0 Å². The zero-order valence-corrected chi connectivity index (χ0v) is 32.9. The van der Waals surface area contributed by atoms with Gasteiger partial charge >= 0.3 is 5.97 Å². The van der Waals surface area contributed by atoms with Crippen LogP contribution in [-0.4, -0.2) is 127 Å². The molecule has 2 aliphatic rings. The fourth-order valence-corrected chi connectivity index (χ4v) is 6.03. The summed E-state index contributed by atoms with van der Waals surface area (Å²) in [5.41, 5.74) is 5.73. The van der Waals surface area contributed by atoms with Gasteiger partial charge in [0.1, 0.15) is 42.4 Å². The Balaban J connectivity index is 2.37. The molecule has 12 atom stereocenters. The van der Waals surface area contributed by atoms with Crippen molar-refractivity contribution in [1.82, 2.24) is 42.5 Å². The number of esters is 1. The van der Waals surface area contributed by atoms with Crippen LogP contribution in [0.4, 0.5) is 0 Å². The summed E-state index contributed by atoms with van der Waals surface area (Å²) in [7, 11) is 1.64. The number of amides is 6. The summed E-state index contributed by atoms with van der Waals surface area (Å²) in [6.45, 7) is 13.0. The van der Waals surface area contributed by atoms with E-state index in [4.69, 9.17) is 10.5 Å². The van der Waals surface area contributed by atoms with E-state index in [2.05, 4.69) is 47.5 Å². The van der Waals surface area contributed by atoms with Crippen molar-refractivity contribution in [2.24, 2.45) is 28.5 Å². The summed E-state index contributed by atoms with van der Waals surface area (Å²) in [5.74, 6) is -6.01. The lowest BCUT2D eigenvalue weighted by atomic mass is 9.95. The highest BCUT2D eigenvalue weighted by Gasteiger charge is 2.40. The molecule has 1 saturated heterocycles. The number of hydrogen-bond donors (Lipinski definition) is 10. The van der Waals surface area contributed by atoms with Gasteiger partial charge in [-0.3, -0.25) is 33.8 Å². The number of hydrogen-bond acceptors (Lipinski definition) is 13. The minimum absolute atomic E-state index is 0.0414. The highest BCUT2D eigenvalue weighted by molar-refractivity contribution is 5.97. The monoisotopic (exact) mass is 766 g/mol. The molecule has 0 aromatic rings. The van der Waals surface area contributed by atoms with Gasteiger partial charge in [0, 0.05) is 0 Å². The molecule has 0 aliphatic carbocycles. The third kappa shape index (κ3) is 12.5. The molecule has 306 valence electrons. The molecule has 2 rings (SSSR count). The second kappa shape index (κ2) is 21.4. The van der Waals surface area contributed by atoms with Crippen LogP contribution in [0.15, 0.2) is 4.99 Å². The number of carbonyl (C=O) groups is 7. The van der Waals surface area contributed by atoms with E-state index < -0.39 is 102 Å². The van der Waals surface area contributed by atoms with Crippen LogP contribution in [0.2, 0.25) is 0 Å². The van der Waals surface area contributed by atoms with Crippen molar-refractivity contribution in [2.45, 2.75) is 136 Å². The van der Waals surface area contributed by atoms with Crippen LogP contribution in [0.1, 0.15) is 81.1 Å². The van der Waals surface area contributed by atoms with E-state index in [1.54, 1.807) is 27.8 Å². The number of nitrogens with zero attached hydrogens (tertiary/aromatic N) is 1. The number of nitrogens with two attached hydrogens (primary N) is 1. The summed E-state index contributed by atoms with van der Waals surface area (Å²) in [5, 5.41) is 31.6. The minimum Gasteiger partial charge on any atom is -0.458 e. The molecular formula is C35H62N10O9. The van der Waals surface area contributed by atoms with Crippen LogP contribution in [-0.2, 0) is 38.3 Å². The molecule has 54 heavy (non-hydrogen) atoms. The smallest absolute Gasteiger partial charge is 0.329 e. The number of carbonyl (C=O) groups excluding carboxylic acids is 7. The second-order valence-corrected chi connectivity index (χ2v) is 14.4. The number of aliphatic hydroxyl groups is 1. The first-order chi connectivity index (χ1) is 25.4. The van der Waals surface area contributed by atoms with E-state index in [-0.39, 0.29) is 36.8 Å². The number of guanidine groups is 1. The van der Waals surface area contributed by atoms with Gasteiger partial charge in [-0.05, 0) is 45.1 Å². The van der Waals surface area contributed by atoms with Crippen LogP contribution < -0.4 is 48.3 Å². The average molecular weight is 767 g/mol. The number of cyclic esters (lactones) is 1. The standard InChI is InChI=1S/C35H62N10O9/c1-10-16(4)24(37-9)31(50)43-25(17(5)11-2)32(51)42-23(15-46)30(49)45-27-20(8)54-34(53)26(18(6)12-3)44-29(48)22(13-21-14-38-35(36)40-21)41-28(47)19(7)39-33(27)52/h16-27,37,46H,10-15H2,1-9H3,(H,39,52)(H,41,47)(H,42,51)(H,43,50)(H,44,48)(H,45,49)(H3,36,38,40)/t16-,17-,18-,19-,20-,21-,22-,23-,24+,25-,26-,27+/m0/s1. The SMILES string of the molecule is CC[C@H](C)[C@H](NC(=O)[C@H](NC)[C@@H](C)CC)C(=O)N[C@@H](CO)C(=O)N[C@H]1C(=O)N[C@@H](C)C(=O)N[C@@H](C[C@H]2CN=C(N)N2)C(=O)N[C@@H]([C@@H](C)CC)C(=O)O[C@H]1C. The van der Waals surface area contributed by atoms with Crippen LogP contribution in [0.5, 0.6) is 0 Å². The van der Waals surface area contributed by atoms with Gasteiger partial charge < -0.3 is 58.1 Å². The second-order valence-electron chi connectivity index (χ2n) is 14.4. The van der Waals surface area contributed by atoms with Crippen molar-refractivity contribution >= 4 is 47.4 Å². The first-order valence-corrected chi connectivity index (χ1v) is 18.8. The molecule has 0 aromatic heterocycles. The fraction of sp³-hybridized carbons (Fsp3) is 0.771. The van der Waals surface area contributed by atoms with Gasteiger partial charge in [0.25, 0.3) is 0 Å². The number of aliphatic hydroxyl groups excluding tert-OH is 1. The lowest BCUT2D eigenvalue weighted by Crippen LogP contribution is -2.62. The number of ether oxygens (including phenoxy) is 1. The molecule has 2 aliphatic heterocycles. The first-order valence-electron chi connectivity index (χ1n) is 18.8. The first kappa shape index (κ1) is 45.6. The molecule has 0 saturated carbocycles. The molecule has 0 bridgehead atoms. The van der Waals surface area contributed by atoms with Crippen LogP contribution in [0.3, 0.4) is 0 Å². The van der Waals surface area contributed by atoms with Crippen LogP contribution in [0, 0.1) is 17.8 Å². The quantitative estimate of drug-likeness (QED) is 0.0717. The topological polar surface area (TPSA) is 284 Å². The Labute approximate surface area is 317 Å². The third-order valence-electron chi connectivity index (χ3n) is 10.3. The van der Waals surface area contributed by atoms with E-state index in [1.165, 1.54) is 13.8 Å². The molecule has 0 unspecified atom stereocenters. The Kier molecular flexibility index (Phi) is 18.1. The van der Waals surface area contributed by atoms with Gasteiger partial charge in [-0.1, -0.05) is 60.8 Å². The lowest BCUT2D eigenvalue weighted by Gasteiger charge is -2.30. The number of aliphatic imine (C=N–C) groups is 1. The van der Waals surface area contributed by atoms with Gasteiger partial charge in [-0.2, -0.15) is 0 Å². The van der Waals surface area contributed by atoms with Gasteiger partial charge in [0.15, 0.2) is 5.96 Å². The molecule has 0 spiro atoms. The Morgan fingerprint density at radius 1 is 0.852 bits per heavy atom. The Bertz CT molecular complexity index is 1380. The van der Waals surface area contributed by atoms with Gasteiger partial charge in [-0.15, -0.1) is 0 Å². The Morgan fingerprint density at radius 2 is 1.46 bits per heavy atom. The zero-order chi connectivity index (χ0) is 40.9.